The van der Waals surface area contributed by atoms with E-state index in [9.17, 15) is 13.2 Å². The molecule has 3 rings (SSSR count). The van der Waals surface area contributed by atoms with Gasteiger partial charge in [0, 0.05) is 26.1 Å². The van der Waals surface area contributed by atoms with Crippen molar-refractivity contribution in [3.63, 3.8) is 0 Å². The second kappa shape index (κ2) is 12.1. The minimum atomic E-state index is -3.72. The summed E-state index contributed by atoms with van der Waals surface area (Å²) in [6.07, 6.45) is 4.39. The Morgan fingerprint density at radius 3 is 2.45 bits per heavy atom. The number of furan rings is 1. The number of hydrogen-bond acceptors (Lipinski definition) is 5. The summed E-state index contributed by atoms with van der Waals surface area (Å²) in [5.74, 6) is 1.41. The first-order valence-corrected chi connectivity index (χ1v) is 11.4. The van der Waals surface area contributed by atoms with Crippen LogP contribution in [-0.2, 0) is 27.8 Å². The molecular formula is C20H28IN5O4S. The quantitative estimate of drug-likeness (QED) is 0.254. The fourth-order valence-electron chi connectivity index (χ4n) is 3.13. The summed E-state index contributed by atoms with van der Waals surface area (Å²) in [7, 11) is -3.72. The number of sulfonamides is 1. The number of benzene rings is 1. The molecule has 0 radical (unpaired) electrons. The molecule has 0 unspecified atom stereocenters. The topological polar surface area (TPSA) is 130 Å². The van der Waals surface area contributed by atoms with Crippen molar-refractivity contribution in [3.8, 4) is 0 Å². The predicted molar refractivity (Wildman–Crippen MR) is 129 cm³/mol. The highest BCUT2D eigenvalue weighted by Crippen LogP contribution is 2.10. The van der Waals surface area contributed by atoms with Gasteiger partial charge in [0.05, 0.1) is 24.2 Å². The minimum absolute atomic E-state index is 0. The van der Waals surface area contributed by atoms with Gasteiger partial charge in [-0.3, -0.25) is 4.79 Å². The molecule has 1 aliphatic rings. The number of hydrogen-bond donors (Lipinski definition) is 3. The van der Waals surface area contributed by atoms with Crippen LogP contribution < -0.4 is 15.8 Å². The van der Waals surface area contributed by atoms with Gasteiger partial charge in [-0.15, -0.1) is 24.0 Å². The molecule has 2 aromatic rings. The molecule has 1 saturated heterocycles. The summed E-state index contributed by atoms with van der Waals surface area (Å²) in [6.45, 7) is 2.67. The zero-order chi connectivity index (χ0) is 21.4. The van der Waals surface area contributed by atoms with Crippen molar-refractivity contribution in [2.24, 2.45) is 10.1 Å². The maximum atomic E-state index is 12.3. The molecule has 0 spiro atoms. The molecule has 1 amide bonds. The molecule has 0 atom stereocenters. The number of nitrogens with zero attached hydrogens (tertiary/aromatic N) is 2. The van der Waals surface area contributed by atoms with Crippen LogP contribution in [0.2, 0.25) is 0 Å². The van der Waals surface area contributed by atoms with Gasteiger partial charge < -0.3 is 20.0 Å². The van der Waals surface area contributed by atoms with Gasteiger partial charge in [-0.2, -0.15) is 0 Å². The molecule has 1 fully saturated rings. The van der Waals surface area contributed by atoms with E-state index >= 15 is 0 Å². The van der Waals surface area contributed by atoms with E-state index in [1.165, 1.54) is 12.1 Å². The lowest BCUT2D eigenvalue weighted by molar-refractivity contribution is -0.128. The van der Waals surface area contributed by atoms with E-state index in [4.69, 9.17) is 9.56 Å². The zero-order valence-corrected chi connectivity index (χ0v) is 20.3. The van der Waals surface area contributed by atoms with Crippen LogP contribution in [0.3, 0.4) is 0 Å². The molecule has 1 aliphatic heterocycles. The fraction of sp³-hybridized carbons (Fsp3) is 0.400. The number of rotatable bonds is 8. The molecule has 0 aliphatic carbocycles. The number of halogens is 1. The Bertz CT molecular complexity index is 956. The summed E-state index contributed by atoms with van der Waals surface area (Å²) >= 11 is 0. The SMILES string of the molecule is I.NS(=O)(=O)c1ccc(CN=C(NCCc2ccco2)NCC(=O)N2CCCC2)cc1. The molecule has 1 aromatic carbocycles. The third-order valence-corrected chi connectivity index (χ3v) is 5.71. The Kier molecular flexibility index (Phi) is 9.78. The van der Waals surface area contributed by atoms with Crippen LogP contribution in [0.4, 0.5) is 0 Å². The van der Waals surface area contributed by atoms with Crippen LogP contribution in [-0.4, -0.2) is 51.4 Å². The molecular weight excluding hydrogens is 533 g/mol. The second-order valence-electron chi connectivity index (χ2n) is 7.05. The van der Waals surface area contributed by atoms with Crippen molar-refractivity contribution in [3.05, 3.63) is 54.0 Å². The van der Waals surface area contributed by atoms with E-state index in [0.717, 1.165) is 37.3 Å². The lowest BCUT2D eigenvalue weighted by Crippen LogP contribution is -2.44. The van der Waals surface area contributed by atoms with Crippen molar-refractivity contribution in [1.29, 1.82) is 0 Å². The molecule has 0 bridgehead atoms. The van der Waals surface area contributed by atoms with E-state index in [1.807, 2.05) is 17.0 Å². The maximum absolute atomic E-state index is 12.3. The molecule has 1 aromatic heterocycles. The maximum Gasteiger partial charge on any atom is 0.241 e. The minimum Gasteiger partial charge on any atom is -0.469 e. The summed E-state index contributed by atoms with van der Waals surface area (Å²) in [5, 5.41) is 11.4. The first kappa shape index (κ1) is 25.1. The van der Waals surface area contributed by atoms with Crippen LogP contribution in [0, 0.1) is 0 Å². The van der Waals surface area contributed by atoms with Crippen LogP contribution in [0.15, 0.2) is 57.0 Å². The molecule has 170 valence electrons. The number of aliphatic imine (C=N–C) groups is 1. The number of likely N-dealkylation sites (tertiary alicyclic amines) is 1. The second-order valence-corrected chi connectivity index (χ2v) is 8.61. The number of guanidine groups is 1. The van der Waals surface area contributed by atoms with Gasteiger partial charge in [0.15, 0.2) is 5.96 Å². The largest absolute Gasteiger partial charge is 0.469 e. The fourth-order valence-corrected chi connectivity index (χ4v) is 3.64. The van der Waals surface area contributed by atoms with Crippen molar-refractivity contribution in [2.75, 3.05) is 26.2 Å². The van der Waals surface area contributed by atoms with Gasteiger partial charge >= 0.3 is 0 Å². The number of carbonyl (C=O) groups is 1. The first-order chi connectivity index (χ1) is 14.4. The summed E-state index contributed by atoms with van der Waals surface area (Å²) in [4.78, 5) is 18.7. The Balaban J connectivity index is 0.00000341. The molecule has 11 heteroatoms. The number of carbonyl (C=O) groups excluding carboxylic acids is 1. The highest BCUT2D eigenvalue weighted by molar-refractivity contribution is 14.0. The number of nitrogens with two attached hydrogens (primary N) is 1. The smallest absolute Gasteiger partial charge is 0.241 e. The average molecular weight is 561 g/mol. The summed E-state index contributed by atoms with van der Waals surface area (Å²) in [6, 6.07) is 9.97. The average Bonchev–Trinajstić information content (AvgIpc) is 3.43. The van der Waals surface area contributed by atoms with Gasteiger partial charge in [0.1, 0.15) is 5.76 Å². The van der Waals surface area contributed by atoms with Crippen molar-refractivity contribution < 1.29 is 17.6 Å². The Morgan fingerprint density at radius 1 is 1.13 bits per heavy atom. The highest BCUT2D eigenvalue weighted by Gasteiger charge is 2.17. The molecule has 9 nitrogen and oxygen atoms in total. The van der Waals surface area contributed by atoms with Crippen molar-refractivity contribution >= 4 is 45.9 Å². The number of nitrogens with one attached hydrogen (secondary N) is 2. The first-order valence-electron chi connectivity index (χ1n) is 9.86. The van der Waals surface area contributed by atoms with Gasteiger partial charge in [0.2, 0.25) is 15.9 Å². The van der Waals surface area contributed by atoms with E-state index in [1.54, 1.807) is 18.4 Å². The van der Waals surface area contributed by atoms with Crippen LogP contribution in [0.5, 0.6) is 0 Å². The molecule has 31 heavy (non-hydrogen) atoms. The third-order valence-electron chi connectivity index (χ3n) is 4.78. The van der Waals surface area contributed by atoms with E-state index in [-0.39, 0.29) is 41.3 Å². The Morgan fingerprint density at radius 2 is 1.84 bits per heavy atom. The highest BCUT2D eigenvalue weighted by atomic mass is 127. The van der Waals surface area contributed by atoms with Crippen molar-refractivity contribution in [1.82, 2.24) is 15.5 Å². The van der Waals surface area contributed by atoms with Gasteiger partial charge in [-0.25, -0.2) is 18.5 Å². The number of primary sulfonamides is 1. The van der Waals surface area contributed by atoms with Gasteiger partial charge in [0.25, 0.3) is 0 Å². The van der Waals surface area contributed by atoms with E-state index in [2.05, 4.69) is 15.6 Å². The lowest BCUT2D eigenvalue weighted by Gasteiger charge is -2.17. The zero-order valence-electron chi connectivity index (χ0n) is 17.1. The molecule has 2 heterocycles. The van der Waals surface area contributed by atoms with Gasteiger partial charge in [-0.05, 0) is 42.7 Å². The van der Waals surface area contributed by atoms with Crippen LogP contribution in [0.25, 0.3) is 0 Å². The molecule has 4 N–H and O–H groups in total. The summed E-state index contributed by atoms with van der Waals surface area (Å²) < 4.78 is 28.1. The third kappa shape index (κ3) is 8.15. The molecule has 0 saturated carbocycles. The normalized spacial score (nSPS) is 14.2. The predicted octanol–water partition coefficient (Wildman–Crippen LogP) is 1.45. The van der Waals surface area contributed by atoms with Crippen LogP contribution >= 0.6 is 24.0 Å². The van der Waals surface area contributed by atoms with Gasteiger partial charge in [-0.1, -0.05) is 12.1 Å². The summed E-state index contributed by atoms with van der Waals surface area (Å²) in [5.41, 5.74) is 0.820. The Hall–Kier alpha value is -2.12. The van der Waals surface area contributed by atoms with Crippen LogP contribution in [0.1, 0.15) is 24.2 Å². The Labute approximate surface area is 199 Å². The standard InChI is InChI=1S/C20H27N5O4S.HI/c21-30(27,28)18-7-5-16(6-8-18)14-23-20(22-10-9-17-4-3-13-29-17)24-15-19(26)25-11-1-2-12-25;/h3-8,13H,1-2,9-12,14-15H2,(H2,21,27,28)(H2,22,23,24);1H. The van der Waals surface area contributed by atoms with E-state index < -0.39 is 10.0 Å². The lowest BCUT2D eigenvalue weighted by atomic mass is 10.2. The number of amides is 1. The monoisotopic (exact) mass is 561 g/mol. The van der Waals surface area contributed by atoms with E-state index in [0.29, 0.717) is 25.5 Å². The van der Waals surface area contributed by atoms with Crippen molar-refractivity contribution in [2.45, 2.75) is 30.7 Å².